The van der Waals surface area contributed by atoms with Crippen molar-refractivity contribution in [2.75, 3.05) is 18.4 Å². The van der Waals surface area contributed by atoms with Crippen molar-refractivity contribution in [3.05, 3.63) is 70.0 Å². The predicted molar refractivity (Wildman–Crippen MR) is 135 cm³/mol. The van der Waals surface area contributed by atoms with Crippen LogP contribution in [0.4, 0.5) is 32.3 Å². The summed E-state index contributed by atoms with van der Waals surface area (Å²) in [5.41, 5.74) is 0.475. The zero-order valence-electron chi connectivity index (χ0n) is 20.5. The van der Waals surface area contributed by atoms with E-state index >= 15 is 0 Å². The van der Waals surface area contributed by atoms with Crippen molar-refractivity contribution >= 4 is 35.0 Å². The van der Waals surface area contributed by atoms with Gasteiger partial charge in [0.05, 0.1) is 23.8 Å². The first-order chi connectivity index (χ1) is 19.1. The number of benzene rings is 2. The third kappa shape index (κ3) is 7.13. The molecule has 2 unspecified atom stereocenters. The number of β-amino-alcohol motifs (C(OH)–C–C–N with tert-alkyl or cyclic N) is 1. The largest absolute Gasteiger partial charge is 0.416 e. The Bertz CT molecular complexity index is 1390. The summed E-state index contributed by atoms with van der Waals surface area (Å²) >= 11 is 12.1. The average Bonchev–Trinajstić information content (AvgIpc) is 3.43. The maximum atomic E-state index is 13.1. The van der Waals surface area contributed by atoms with Crippen LogP contribution in [0.5, 0.6) is 0 Å². The fourth-order valence-corrected chi connectivity index (χ4v) is 4.03. The Balaban J connectivity index is 1.66. The molecule has 222 valence electrons. The molecule has 1 aromatic heterocycles. The molecule has 41 heavy (non-hydrogen) atoms. The Hall–Kier alpha value is -3.31. The van der Waals surface area contributed by atoms with Gasteiger partial charge in [-0.3, -0.25) is 0 Å². The molecule has 2 heterocycles. The molecule has 0 amide bonds. The van der Waals surface area contributed by atoms with Crippen LogP contribution >= 0.6 is 23.2 Å². The Labute approximate surface area is 238 Å². The van der Waals surface area contributed by atoms with E-state index in [2.05, 4.69) is 20.5 Å². The van der Waals surface area contributed by atoms with Crippen LogP contribution in [0.1, 0.15) is 11.4 Å². The SMILES string of the molecule is OC1N(Cc2nc(NCC(O)C(F)(F)F)n(-c3ccccc3Cl)n2)N=C(c2ccc(Cl)cc2)N1C[C@H](O)C(F)(F)F. The van der Waals surface area contributed by atoms with Crippen molar-refractivity contribution in [1.82, 2.24) is 24.7 Å². The third-order valence-electron chi connectivity index (χ3n) is 5.76. The normalized spacial score (nSPS) is 17.5. The molecule has 10 nitrogen and oxygen atoms in total. The highest BCUT2D eigenvalue weighted by Crippen LogP contribution is 2.28. The number of aromatic nitrogens is 3. The fourth-order valence-electron chi connectivity index (χ4n) is 3.69. The van der Waals surface area contributed by atoms with Crippen LogP contribution in [0.25, 0.3) is 5.69 Å². The standard InChI is InChI=1S/C23H21Cl2F6N7O3/c24-13-7-5-12(6-8-13)19-35-37(21(41)36(19)10-17(40)23(29,30)31)11-18-33-20(32-9-16(39)22(26,27)28)38(34-18)15-4-2-1-3-14(15)25/h1-8,16-17,21,39-41H,9-11H2,(H,32,33,34)/t16?,17-,21?/m0/s1. The number of halogens is 8. The molecule has 0 aliphatic carbocycles. The summed E-state index contributed by atoms with van der Waals surface area (Å²) in [4.78, 5) is 4.94. The first-order valence-electron chi connectivity index (χ1n) is 11.7. The van der Waals surface area contributed by atoms with Gasteiger partial charge in [-0.15, -0.1) is 5.10 Å². The molecule has 3 atom stereocenters. The van der Waals surface area contributed by atoms with Crippen molar-refractivity contribution in [3.8, 4) is 5.69 Å². The molecule has 2 aromatic carbocycles. The van der Waals surface area contributed by atoms with Crippen LogP contribution in [0.2, 0.25) is 10.0 Å². The predicted octanol–water partition coefficient (Wildman–Crippen LogP) is 3.59. The molecule has 4 N–H and O–H groups in total. The zero-order chi connectivity index (χ0) is 30.1. The third-order valence-corrected chi connectivity index (χ3v) is 6.33. The number of hydrazone groups is 1. The van der Waals surface area contributed by atoms with E-state index in [4.69, 9.17) is 23.2 Å². The van der Waals surface area contributed by atoms with E-state index in [9.17, 15) is 41.7 Å². The summed E-state index contributed by atoms with van der Waals surface area (Å²) in [6.07, 6.45) is -17.3. The number of aliphatic hydroxyl groups is 3. The zero-order valence-corrected chi connectivity index (χ0v) is 22.0. The van der Waals surface area contributed by atoms with E-state index in [1.54, 1.807) is 12.1 Å². The van der Waals surface area contributed by atoms with E-state index < -0.39 is 50.5 Å². The van der Waals surface area contributed by atoms with Crippen LogP contribution in [0, 0.1) is 0 Å². The summed E-state index contributed by atoms with van der Waals surface area (Å²) in [5, 5.41) is 42.2. The van der Waals surface area contributed by atoms with Gasteiger partial charge >= 0.3 is 12.4 Å². The minimum Gasteiger partial charge on any atom is -0.382 e. The van der Waals surface area contributed by atoms with Gasteiger partial charge in [-0.2, -0.15) is 41.1 Å². The summed E-state index contributed by atoms with van der Waals surface area (Å²) < 4.78 is 79.1. The molecule has 3 aromatic rings. The van der Waals surface area contributed by atoms with Gasteiger partial charge in [0.1, 0.15) is 6.54 Å². The summed E-state index contributed by atoms with van der Waals surface area (Å²) in [6, 6.07) is 12.0. The molecule has 0 bridgehead atoms. The maximum Gasteiger partial charge on any atom is 0.416 e. The number of hydrogen-bond donors (Lipinski definition) is 4. The van der Waals surface area contributed by atoms with E-state index in [1.807, 2.05) is 0 Å². The second-order valence-corrected chi connectivity index (χ2v) is 9.58. The minimum atomic E-state index is -4.99. The molecule has 4 rings (SSSR count). The van der Waals surface area contributed by atoms with Crippen molar-refractivity contribution in [3.63, 3.8) is 0 Å². The first-order valence-corrected chi connectivity index (χ1v) is 12.4. The number of nitrogens with zero attached hydrogens (tertiary/aromatic N) is 6. The van der Waals surface area contributed by atoms with Gasteiger partial charge in [-0.05, 0) is 36.4 Å². The molecule has 18 heteroatoms. The Morgan fingerprint density at radius 1 is 0.927 bits per heavy atom. The van der Waals surface area contributed by atoms with Crippen molar-refractivity contribution in [2.45, 2.75) is 37.5 Å². The Morgan fingerprint density at radius 2 is 1.56 bits per heavy atom. The lowest BCUT2D eigenvalue weighted by atomic mass is 10.2. The molecule has 0 radical (unpaired) electrons. The van der Waals surface area contributed by atoms with Gasteiger partial charge in [0.15, 0.2) is 23.9 Å². The second kappa shape index (κ2) is 11.9. The van der Waals surface area contributed by atoms with Crippen LogP contribution in [-0.4, -0.2) is 89.8 Å². The summed E-state index contributed by atoms with van der Waals surface area (Å²) in [5.74, 6) is -0.517. The van der Waals surface area contributed by atoms with Crippen molar-refractivity contribution in [2.24, 2.45) is 5.10 Å². The molecular formula is C23H21Cl2F6N7O3. The molecule has 0 saturated carbocycles. The van der Waals surface area contributed by atoms with Gasteiger partial charge in [0, 0.05) is 10.6 Å². The van der Waals surface area contributed by atoms with E-state index in [-0.39, 0.29) is 33.9 Å². The quantitative estimate of drug-likeness (QED) is 0.266. The highest BCUT2D eigenvalue weighted by Gasteiger charge is 2.44. The molecule has 0 saturated heterocycles. The molecule has 0 fully saturated rings. The number of rotatable bonds is 9. The van der Waals surface area contributed by atoms with E-state index in [0.717, 1.165) is 14.6 Å². The number of hydrogen-bond acceptors (Lipinski definition) is 9. The smallest absolute Gasteiger partial charge is 0.382 e. The molecule has 1 aliphatic rings. The molecule has 1 aliphatic heterocycles. The molecular weight excluding hydrogens is 607 g/mol. The number of amidine groups is 1. The lowest BCUT2D eigenvalue weighted by molar-refractivity contribution is -0.212. The average molecular weight is 628 g/mol. The highest BCUT2D eigenvalue weighted by atomic mass is 35.5. The monoisotopic (exact) mass is 627 g/mol. The van der Waals surface area contributed by atoms with Gasteiger partial charge in [-0.1, -0.05) is 35.3 Å². The van der Waals surface area contributed by atoms with Crippen LogP contribution < -0.4 is 5.32 Å². The Kier molecular flexibility index (Phi) is 8.89. The highest BCUT2D eigenvalue weighted by molar-refractivity contribution is 6.32. The topological polar surface area (TPSA) is 122 Å². The van der Waals surface area contributed by atoms with Gasteiger partial charge < -0.3 is 25.5 Å². The lowest BCUT2D eigenvalue weighted by Crippen LogP contribution is -2.49. The van der Waals surface area contributed by atoms with Gasteiger partial charge in [0.2, 0.25) is 12.3 Å². The Morgan fingerprint density at radius 3 is 2.17 bits per heavy atom. The summed E-state index contributed by atoms with van der Waals surface area (Å²) in [7, 11) is 0. The summed E-state index contributed by atoms with van der Waals surface area (Å²) in [6.45, 7) is -2.50. The van der Waals surface area contributed by atoms with Gasteiger partial charge in [-0.25, -0.2) is 5.01 Å². The number of aliphatic hydroxyl groups excluding tert-OH is 3. The van der Waals surface area contributed by atoms with Gasteiger partial charge in [0.25, 0.3) is 0 Å². The number of nitrogens with one attached hydrogen (secondary N) is 1. The number of anilines is 1. The van der Waals surface area contributed by atoms with E-state index in [1.165, 1.54) is 36.4 Å². The lowest BCUT2D eigenvalue weighted by Gasteiger charge is -2.29. The van der Waals surface area contributed by atoms with Crippen molar-refractivity contribution < 1.29 is 41.7 Å². The molecule has 0 spiro atoms. The first kappa shape index (κ1) is 30.6. The van der Waals surface area contributed by atoms with Crippen LogP contribution in [0.15, 0.2) is 53.6 Å². The second-order valence-electron chi connectivity index (χ2n) is 8.74. The van der Waals surface area contributed by atoms with Crippen LogP contribution in [-0.2, 0) is 6.54 Å². The fraction of sp³-hybridized carbons (Fsp3) is 0.348. The number of alkyl halides is 6. The van der Waals surface area contributed by atoms with E-state index in [0.29, 0.717) is 5.02 Å². The number of para-hydroxylation sites is 1. The van der Waals surface area contributed by atoms with Crippen LogP contribution in [0.3, 0.4) is 0 Å². The van der Waals surface area contributed by atoms with Crippen molar-refractivity contribution in [1.29, 1.82) is 0 Å². The minimum absolute atomic E-state index is 0.130. The maximum absolute atomic E-state index is 13.1.